The zero-order chi connectivity index (χ0) is 12.6. The Balaban J connectivity index is 3.21. The minimum atomic E-state index is -3.49. The van der Waals surface area contributed by atoms with Crippen LogP contribution in [0.3, 0.4) is 0 Å². The normalized spacial score (nSPS) is 12.8. The lowest BCUT2D eigenvalue weighted by molar-refractivity contribution is 0.555. The van der Waals surface area contributed by atoms with E-state index in [0.29, 0.717) is 0 Å². The van der Waals surface area contributed by atoms with Crippen LogP contribution in [-0.2, 0) is 14.5 Å². The molecule has 0 radical (unpaired) electrons. The average Bonchev–Trinajstić information content (AvgIpc) is 2.04. The minimum Gasteiger partial charge on any atom is -0.212 e. The number of benzene rings is 1. The molecule has 4 heteroatoms. The molecule has 0 aliphatic heterocycles. The molecule has 0 spiro atoms. The van der Waals surface area contributed by atoms with E-state index < -0.39 is 14.5 Å². The number of halogens is 1. The van der Waals surface area contributed by atoms with Crippen molar-refractivity contribution in [3.63, 3.8) is 0 Å². The first-order chi connectivity index (χ1) is 7.12. The van der Waals surface area contributed by atoms with Crippen LogP contribution in [0.5, 0.6) is 0 Å². The van der Waals surface area contributed by atoms with Gasteiger partial charge in [-0.1, -0.05) is 37.6 Å². The van der Waals surface area contributed by atoms with E-state index >= 15 is 0 Å². The van der Waals surface area contributed by atoms with Crippen molar-refractivity contribution in [3.8, 4) is 0 Å². The van der Waals surface area contributed by atoms with E-state index in [4.69, 9.17) is 10.7 Å². The summed E-state index contributed by atoms with van der Waals surface area (Å²) in [7, 11) is 1.84. The highest BCUT2D eigenvalue weighted by Gasteiger charge is 2.28. The largest absolute Gasteiger partial charge is 0.233 e. The minimum absolute atomic E-state index is 0.0498. The second-order valence-corrected chi connectivity index (χ2v) is 7.66. The summed E-state index contributed by atoms with van der Waals surface area (Å²) in [4.78, 5) is 0. The van der Waals surface area contributed by atoms with Gasteiger partial charge in [0.15, 0.2) is 0 Å². The maximum Gasteiger partial charge on any atom is 0.233 e. The second-order valence-electron chi connectivity index (χ2n) is 4.89. The van der Waals surface area contributed by atoms with Crippen molar-refractivity contribution in [3.05, 3.63) is 34.9 Å². The predicted molar refractivity (Wildman–Crippen MR) is 68.6 cm³/mol. The van der Waals surface area contributed by atoms with Gasteiger partial charge in [-0.05, 0) is 25.0 Å². The standard InChI is InChI=1S/C12H17ClO2S/c1-9-5-6-10(2)11(7-9)12(3,4)8-16(13,14)15/h5-7H,8H2,1-4H3. The fourth-order valence-corrected chi connectivity index (χ4v) is 3.81. The van der Waals surface area contributed by atoms with Crippen molar-refractivity contribution in [1.29, 1.82) is 0 Å². The van der Waals surface area contributed by atoms with E-state index in [2.05, 4.69) is 0 Å². The van der Waals surface area contributed by atoms with E-state index in [1.807, 2.05) is 45.9 Å². The highest BCUT2D eigenvalue weighted by atomic mass is 35.7. The molecule has 1 aromatic carbocycles. The van der Waals surface area contributed by atoms with Crippen molar-refractivity contribution >= 4 is 19.7 Å². The van der Waals surface area contributed by atoms with E-state index in [-0.39, 0.29) is 5.75 Å². The van der Waals surface area contributed by atoms with Gasteiger partial charge in [0.25, 0.3) is 0 Å². The van der Waals surface area contributed by atoms with Gasteiger partial charge in [-0.2, -0.15) is 0 Å². The maximum absolute atomic E-state index is 11.2. The molecule has 0 saturated carbocycles. The summed E-state index contributed by atoms with van der Waals surface area (Å²) >= 11 is 0. The van der Waals surface area contributed by atoms with Gasteiger partial charge in [0.1, 0.15) is 0 Å². The van der Waals surface area contributed by atoms with E-state index in [1.165, 1.54) is 0 Å². The van der Waals surface area contributed by atoms with Crippen LogP contribution >= 0.6 is 10.7 Å². The molecule has 0 aliphatic rings. The summed E-state index contributed by atoms with van der Waals surface area (Å²) in [6.07, 6.45) is 0. The topological polar surface area (TPSA) is 34.1 Å². The highest BCUT2D eigenvalue weighted by Crippen LogP contribution is 2.29. The summed E-state index contributed by atoms with van der Waals surface area (Å²) in [6.45, 7) is 7.77. The van der Waals surface area contributed by atoms with Gasteiger partial charge >= 0.3 is 0 Å². The smallest absolute Gasteiger partial charge is 0.212 e. The van der Waals surface area contributed by atoms with E-state index in [1.54, 1.807) is 0 Å². The molecule has 0 bridgehead atoms. The third kappa shape index (κ3) is 3.49. The third-order valence-electron chi connectivity index (χ3n) is 2.66. The molecule has 0 atom stereocenters. The van der Waals surface area contributed by atoms with Crippen molar-refractivity contribution in [2.75, 3.05) is 5.75 Å². The molecule has 0 N–H and O–H groups in total. The number of hydrogen-bond donors (Lipinski definition) is 0. The van der Waals surface area contributed by atoms with Crippen LogP contribution in [0.1, 0.15) is 30.5 Å². The first-order valence-electron chi connectivity index (χ1n) is 5.12. The molecule has 16 heavy (non-hydrogen) atoms. The molecule has 0 fully saturated rings. The predicted octanol–water partition coefficient (Wildman–Crippen LogP) is 3.15. The molecule has 0 amide bonds. The Kier molecular flexibility index (Phi) is 3.70. The monoisotopic (exact) mass is 260 g/mol. The second kappa shape index (κ2) is 4.38. The van der Waals surface area contributed by atoms with Crippen LogP contribution in [0.4, 0.5) is 0 Å². The highest BCUT2D eigenvalue weighted by molar-refractivity contribution is 8.13. The molecule has 0 heterocycles. The molecule has 0 unspecified atom stereocenters. The van der Waals surface area contributed by atoms with Gasteiger partial charge in [0.2, 0.25) is 9.05 Å². The summed E-state index contributed by atoms with van der Waals surface area (Å²) in [5.74, 6) is -0.0498. The van der Waals surface area contributed by atoms with Gasteiger partial charge in [0, 0.05) is 16.1 Å². The first-order valence-corrected chi connectivity index (χ1v) is 7.60. The van der Waals surface area contributed by atoms with Crippen LogP contribution < -0.4 is 0 Å². The quantitative estimate of drug-likeness (QED) is 0.783. The molecule has 0 aromatic heterocycles. The Bertz CT molecular complexity index is 490. The lowest BCUT2D eigenvalue weighted by Gasteiger charge is -2.26. The molecule has 1 aromatic rings. The molecular formula is C12H17ClO2S. The van der Waals surface area contributed by atoms with E-state index in [0.717, 1.165) is 16.7 Å². The van der Waals surface area contributed by atoms with Gasteiger partial charge in [-0.25, -0.2) is 8.42 Å². The van der Waals surface area contributed by atoms with Gasteiger partial charge in [-0.15, -0.1) is 0 Å². The zero-order valence-electron chi connectivity index (χ0n) is 10.0. The van der Waals surface area contributed by atoms with Crippen molar-refractivity contribution in [2.45, 2.75) is 33.1 Å². The summed E-state index contributed by atoms with van der Waals surface area (Å²) in [5.41, 5.74) is 2.80. The molecular weight excluding hydrogens is 244 g/mol. The lowest BCUT2D eigenvalue weighted by atomic mass is 9.83. The van der Waals surface area contributed by atoms with Crippen molar-refractivity contribution < 1.29 is 8.42 Å². The fraction of sp³-hybridized carbons (Fsp3) is 0.500. The van der Waals surface area contributed by atoms with Gasteiger partial charge < -0.3 is 0 Å². The van der Waals surface area contributed by atoms with Crippen LogP contribution in [0.25, 0.3) is 0 Å². The average molecular weight is 261 g/mol. The van der Waals surface area contributed by atoms with E-state index in [9.17, 15) is 8.42 Å². The van der Waals surface area contributed by atoms with Crippen LogP contribution in [0.2, 0.25) is 0 Å². The van der Waals surface area contributed by atoms with Crippen LogP contribution in [0.15, 0.2) is 18.2 Å². The molecule has 0 saturated heterocycles. The Morgan fingerprint density at radius 3 is 2.31 bits per heavy atom. The SMILES string of the molecule is Cc1ccc(C)c(C(C)(C)CS(=O)(=O)Cl)c1. The third-order valence-corrected chi connectivity index (χ3v) is 4.05. The maximum atomic E-state index is 11.2. The number of hydrogen-bond acceptors (Lipinski definition) is 2. The summed E-state index contributed by atoms with van der Waals surface area (Å²) in [5, 5.41) is 0. The van der Waals surface area contributed by atoms with Crippen molar-refractivity contribution in [2.24, 2.45) is 0 Å². The molecule has 2 nitrogen and oxygen atoms in total. The first kappa shape index (κ1) is 13.5. The molecule has 90 valence electrons. The van der Waals surface area contributed by atoms with Crippen LogP contribution in [-0.4, -0.2) is 14.2 Å². The summed E-state index contributed by atoms with van der Waals surface area (Å²) in [6, 6.07) is 6.05. The zero-order valence-corrected chi connectivity index (χ0v) is 11.6. The Hall–Kier alpha value is -0.540. The fourth-order valence-electron chi connectivity index (χ4n) is 1.97. The summed E-state index contributed by atoms with van der Waals surface area (Å²) < 4.78 is 22.4. The number of rotatable bonds is 3. The van der Waals surface area contributed by atoms with Crippen LogP contribution in [0, 0.1) is 13.8 Å². The van der Waals surface area contributed by atoms with Crippen molar-refractivity contribution in [1.82, 2.24) is 0 Å². The Morgan fingerprint density at radius 2 is 1.81 bits per heavy atom. The molecule has 1 rings (SSSR count). The van der Waals surface area contributed by atoms with Gasteiger partial charge in [-0.3, -0.25) is 0 Å². The Labute approximate surface area is 102 Å². The van der Waals surface area contributed by atoms with Gasteiger partial charge in [0.05, 0.1) is 5.75 Å². The lowest BCUT2D eigenvalue weighted by Crippen LogP contribution is -2.27. The molecule has 0 aliphatic carbocycles. The number of aryl methyl sites for hydroxylation is 2. The Morgan fingerprint density at radius 1 is 1.25 bits per heavy atom.